The van der Waals surface area contributed by atoms with Gasteiger partial charge in [0, 0.05) is 17.3 Å². The Balaban J connectivity index is 2.00. The van der Waals surface area contributed by atoms with Crippen LogP contribution in [0.2, 0.25) is 0 Å². The SMILES string of the molecule is CC(Cc1ccsc1)Nc1ccccc1CO. The van der Waals surface area contributed by atoms with Crippen LogP contribution in [-0.4, -0.2) is 11.1 Å². The highest BCUT2D eigenvalue weighted by Gasteiger charge is 2.06. The molecule has 0 spiro atoms. The van der Waals surface area contributed by atoms with Gasteiger partial charge in [-0.2, -0.15) is 11.3 Å². The van der Waals surface area contributed by atoms with E-state index in [0.717, 1.165) is 17.7 Å². The Morgan fingerprint density at radius 2 is 2.12 bits per heavy atom. The fourth-order valence-corrected chi connectivity index (χ4v) is 2.56. The van der Waals surface area contributed by atoms with Crippen LogP contribution < -0.4 is 5.32 Å². The lowest BCUT2D eigenvalue weighted by Crippen LogP contribution is -2.18. The van der Waals surface area contributed by atoms with Gasteiger partial charge in [-0.05, 0) is 41.8 Å². The molecule has 0 amide bonds. The summed E-state index contributed by atoms with van der Waals surface area (Å²) in [7, 11) is 0. The molecule has 0 aliphatic carbocycles. The predicted molar refractivity (Wildman–Crippen MR) is 73.5 cm³/mol. The van der Waals surface area contributed by atoms with Crippen LogP contribution >= 0.6 is 11.3 Å². The summed E-state index contributed by atoms with van der Waals surface area (Å²) in [6.45, 7) is 2.24. The monoisotopic (exact) mass is 247 g/mol. The van der Waals surface area contributed by atoms with Crippen molar-refractivity contribution in [3.05, 3.63) is 52.2 Å². The Hall–Kier alpha value is -1.32. The van der Waals surface area contributed by atoms with Gasteiger partial charge in [0.2, 0.25) is 0 Å². The van der Waals surface area contributed by atoms with Crippen LogP contribution in [0.25, 0.3) is 0 Å². The highest BCUT2D eigenvalue weighted by molar-refractivity contribution is 7.07. The number of rotatable bonds is 5. The minimum atomic E-state index is 0.0777. The Morgan fingerprint density at radius 3 is 2.82 bits per heavy atom. The van der Waals surface area contributed by atoms with E-state index in [4.69, 9.17) is 0 Å². The van der Waals surface area contributed by atoms with Crippen LogP contribution in [0.15, 0.2) is 41.1 Å². The second-order valence-corrected chi connectivity index (χ2v) is 4.98. The van der Waals surface area contributed by atoms with Gasteiger partial charge >= 0.3 is 0 Å². The molecular weight excluding hydrogens is 230 g/mol. The Morgan fingerprint density at radius 1 is 1.29 bits per heavy atom. The summed E-state index contributed by atoms with van der Waals surface area (Å²) < 4.78 is 0. The first-order chi connectivity index (χ1) is 8.29. The van der Waals surface area contributed by atoms with Gasteiger partial charge < -0.3 is 10.4 Å². The number of hydrogen-bond donors (Lipinski definition) is 2. The molecule has 0 saturated carbocycles. The zero-order valence-electron chi connectivity index (χ0n) is 9.89. The highest BCUT2D eigenvalue weighted by Crippen LogP contribution is 2.17. The summed E-state index contributed by atoms with van der Waals surface area (Å²) in [5, 5.41) is 17.0. The van der Waals surface area contributed by atoms with Gasteiger partial charge in [0.05, 0.1) is 6.61 Å². The van der Waals surface area contributed by atoms with Gasteiger partial charge in [0.15, 0.2) is 0 Å². The molecule has 0 radical (unpaired) electrons. The summed E-state index contributed by atoms with van der Waals surface area (Å²) in [5.41, 5.74) is 3.33. The van der Waals surface area contributed by atoms with E-state index < -0.39 is 0 Å². The van der Waals surface area contributed by atoms with Crippen molar-refractivity contribution in [2.75, 3.05) is 5.32 Å². The molecule has 1 heterocycles. The number of aliphatic hydroxyl groups excluding tert-OH is 1. The molecular formula is C14H17NOS. The fourth-order valence-electron chi connectivity index (χ4n) is 1.88. The van der Waals surface area contributed by atoms with Crippen LogP contribution in [0.4, 0.5) is 5.69 Å². The van der Waals surface area contributed by atoms with Crippen molar-refractivity contribution in [2.45, 2.75) is 26.0 Å². The first-order valence-corrected chi connectivity index (χ1v) is 6.70. The van der Waals surface area contributed by atoms with E-state index in [9.17, 15) is 5.11 Å². The molecule has 17 heavy (non-hydrogen) atoms. The maximum Gasteiger partial charge on any atom is 0.0701 e. The van der Waals surface area contributed by atoms with Gasteiger partial charge in [-0.3, -0.25) is 0 Å². The standard InChI is InChI=1S/C14H17NOS/c1-11(8-12-6-7-17-10-12)15-14-5-3-2-4-13(14)9-16/h2-7,10-11,15-16H,8-9H2,1H3. The summed E-state index contributed by atoms with van der Waals surface area (Å²) in [6, 6.07) is 10.4. The zero-order valence-corrected chi connectivity index (χ0v) is 10.7. The molecule has 90 valence electrons. The maximum absolute atomic E-state index is 9.25. The Kier molecular flexibility index (Phi) is 4.18. The number of anilines is 1. The van der Waals surface area contributed by atoms with E-state index in [1.165, 1.54) is 5.56 Å². The molecule has 1 aromatic carbocycles. The number of aliphatic hydroxyl groups is 1. The lowest BCUT2D eigenvalue weighted by Gasteiger charge is -2.17. The van der Waals surface area contributed by atoms with Gasteiger partial charge in [0.25, 0.3) is 0 Å². The molecule has 1 atom stereocenters. The summed E-state index contributed by atoms with van der Waals surface area (Å²) >= 11 is 1.73. The number of thiophene rings is 1. The molecule has 1 unspecified atom stereocenters. The van der Waals surface area contributed by atoms with Crippen LogP contribution in [0.1, 0.15) is 18.1 Å². The molecule has 0 aliphatic heterocycles. The lowest BCUT2D eigenvalue weighted by molar-refractivity contribution is 0.282. The Bertz CT molecular complexity index is 453. The molecule has 2 N–H and O–H groups in total. The average Bonchev–Trinajstić information content (AvgIpc) is 2.82. The van der Waals surface area contributed by atoms with Crippen molar-refractivity contribution in [3.63, 3.8) is 0 Å². The van der Waals surface area contributed by atoms with Crippen LogP contribution in [0, 0.1) is 0 Å². The van der Waals surface area contributed by atoms with Crippen LogP contribution in [-0.2, 0) is 13.0 Å². The molecule has 0 aliphatic rings. The first-order valence-electron chi connectivity index (χ1n) is 5.76. The second-order valence-electron chi connectivity index (χ2n) is 4.20. The van der Waals surface area contributed by atoms with Crippen LogP contribution in [0.5, 0.6) is 0 Å². The largest absolute Gasteiger partial charge is 0.392 e. The molecule has 1 aromatic heterocycles. The van der Waals surface area contributed by atoms with Gasteiger partial charge in [-0.15, -0.1) is 0 Å². The quantitative estimate of drug-likeness (QED) is 0.850. The van der Waals surface area contributed by atoms with Crippen molar-refractivity contribution >= 4 is 17.0 Å². The molecule has 0 fully saturated rings. The van der Waals surface area contributed by atoms with E-state index in [1.807, 2.05) is 24.3 Å². The van der Waals surface area contributed by atoms with Crippen molar-refractivity contribution in [3.8, 4) is 0 Å². The molecule has 2 nitrogen and oxygen atoms in total. The lowest BCUT2D eigenvalue weighted by atomic mass is 10.1. The van der Waals surface area contributed by atoms with Gasteiger partial charge in [0.1, 0.15) is 0 Å². The van der Waals surface area contributed by atoms with Crippen molar-refractivity contribution in [1.82, 2.24) is 0 Å². The molecule has 0 saturated heterocycles. The molecule has 2 aromatic rings. The Labute approximate surface area is 106 Å². The van der Waals surface area contributed by atoms with Crippen molar-refractivity contribution in [1.29, 1.82) is 0 Å². The summed E-state index contributed by atoms with van der Waals surface area (Å²) in [6.07, 6.45) is 1.00. The van der Waals surface area contributed by atoms with E-state index in [-0.39, 0.29) is 6.61 Å². The number of benzene rings is 1. The minimum absolute atomic E-state index is 0.0777. The molecule has 0 bridgehead atoms. The fraction of sp³-hybridized carbons (Fsp3) is 0.286. The van der Waals surface area contributed by atoms with E-state index in [0.29, 0.717) is 6.04 Å². The maximum atomic E-state index is 9.25. The third-order valence-electron chi connectivity index (χ3n) is 2.71. The first kappa shape index (κ1) is 12.1. The number of hydrogen-bond acceptors (Lipinski definition) is 3. The second kappa shape index (κ2) is 5.84. The number of para-hydroxylation sites is 1. The van der Waals surface area contributed by atoms with Gasteiger partial charge in [-0.25, -0.2) is 0 Å². The minimum Gasteiger partial charge on any atom is -0.392 e. The van der Waals surface area contributed by atoms with Crippen molar-refractivity contribution in [2.24, 2.45) is 0 Å². The molecule has 3 heteroatoms. The summed E-state index contributed by atoms with van der Waals surface area (Å²) in [5.74, 6) is 0. The van der Waals surface area contributed by atoms with Crippen molar-refractivity contribution < 1.29 is 5.11 Å². The molecule has 2 rings (SSSR count). The topological polar surface area (TPSA) is 32.3 Å². The third kappa shape index (κ3) is 3.32. The van der Waals surface area contributed by atoms with E-state index in [2.05, 4.69) is 29.1 Å². The normalized spacial score (nSPS) is 12.4. The summed E-state index contributed by atoms with van der Waals surface area (Å²) in [4.78, 5) is 0. The van der Waals surface area contributed by atoms with E-state index in [1.54, 1.807) is 11.3 Å². The number of nitrogens with one attached hydrogen (secondary N) is 1. The van der Waals surface area contributed by atoms with E-state index >= 15 is 0 Å². The zero-order chi connectivity index (χ0) is 12.1. The third-order valence-corrected chi connectivity index (χ3v) is 3.44. The van der Waals surface area contributed by atoms with Crippen LogP contribution in [0.3, 0.4) is 0 Å². The van der Waals surface area contributed by atoms with Gasteiger partial charge in [-0.1, -0.05) is 18.2 Å². The highest BCUT2D eigenvalue weighted by atomic mass is 32.1. The average molecular weight is 247 g/mol. The smallest absolute Gasteiger partial charge is 0.0701 e. The predicted octanol–water partition coefficient (Wildman–Crippen LogP) is 3.28.